The van der Waals surface area contributed by atoms with Crippen LogP contribution in [-0.4, -0.2) is 48.8 Å². The van der Waals surface area contributed by atoms with E-state index in [4.69, 9.17) is 27.9 Å². The zero-order valence-corrected chi connectivity index (χ0v) is 19.0. The molecule has 1 aliphatic heterocycles. The van der Waals surface area contributed by atoms with E-state index in [1.807, 2.05) is 0 Å². The maximum absolute atomic E-state index is 12.8. The lowest BCUT2D eigenvalue weighted by Crippen LogP contribution is -2.35. The number of benzene rings is 1. The number of anilines is 1. The number of hydrogen-bond acceptors (Lipinski definition) is 6. The molecule has 1 N–H and O–H groups in total. The number of halogens is 2. The molecule has 3 rings (SSSR count). The van der Waals surface area contributed by atoms with Gasteiger partial charge in [0.1, 0.15) is 0 Å². The number of rotatable bonds is 6. The van der Waals surface area contributed by atoms with Crippen LogP contribution < -0.4 is 5.32 Å². The quantitative estimate of drug-likeness (QED) is 0.624. The van der Waals surface area contributed by atoms with E-state index in [0.717, 1.165) is 19.3 Å². The number of nitrogens with zero attached hydrogens (tertiary/aromatic N) is 2. The number of carbonyl (C=O) groups is 2. The smallest absolute Gasteiger partial charge is 0.338 e. The Balaban J connectivity index is 1.68. The van der Waals surface area contributed by atoms with Crippen LogP contribution >= 0.6 is 23.2 Å². The summed E-state index contributed by atoms with van der Waals surface area (Å²) < 4.78 is 32.3. The SMILES string of the molecule is CC(OC(=O)c1cccc(S(=O)(=O)N2CCCCC2)c1)C(=O)Nc1ncc(Cl)cc1Cl. The van der Waals surface area contributed by atoms with Crippen molar-refractivity contribution >= 4 is 50.9 Å². The molecule has 1 amide bonds. The molecule has 8 nitrogen and oxygen atoms in total. The molecular formula is C20H21Cl2N3O5S. The Hall–Kier alpha value is -2.20. The van der Waals surface area contributed by atoms with Gasteiger partial charge in [0.05, 0.1) is 20.5 Å². The largest absolute Gasteiger partial charge is 0.449 e. The predicted molar refractivity (Wildman–Crippen MR) is 117 cm³/mol. The van der Waals surface area contributed by atoms with Crippen molar-refractivity contribution in [3.05, 3.63) is 52.1 Å². The van der Waals surface area contributed by atoms with Crippen molar-refractivity contribution in [1.29, 1.82) is 0 Å². The molecule has 1 fully saturated rings. The summed E-state index contributed by atoms with van der Waals surface area (Å²) in [5.41, 5.74) is 0.0281. The van der Waals surface area contributed by atoms with Crippen LogP contribution in [0.15, 0.2) is 41.4 Å². The maximum atomic E-state index is 12.8. The first kappa shape index (κ1) is 23.5. The van der Waals surface area contributed by atoms with Crippen LogP contribution in [0.3, 0.4) is 0 Å². The molecule has 11 heteroatoms. The van der Waals surface area contributed by atoms with E-state index in [-0.39, 0.29) is 21.3 Å². The highest BCUT2D eigenvalue weighted by molar-refractivity contribution is 7.89. The molecule has 1 aromatic heterocycles. The highest BCUT2D eigenvalue weighted by atomic mass is 35.5. The topological polar surface area (TPSA) is 106 Å². The van der Waals surface area contributed by atoms with Crippen LogP contribution in [-0.2, 0) is 19.6 Å². The van der Waals surface area contributed by atoms with Gasteiger partial charge in [0.25, 0.3) is 5.91 Å². The number of piperidine rings is 1. The van der Waals surface area contributed by atoms with Gasteiger partial charge in [0.2, 0.25) is 10.0 Å². The van der Waals surface area contributed by atoms with Crippen LogP contribution in [0.4, 0.5) is 5.82 Å². The number of carbonyl (C=O) groups excluding carboxylic acids is 2. The molecule has 2 heterocycles. The molecule has 1 aromatic carbocycles. The molecule has 0 spiro atoms. The van der Waals surface area contributed by atoms with Crippen LogP contribution in [0.25, 0.3) is 0 Å². The van der Waals surface area contributed by atoms with E-state index in [0.29, 0.717) is 18.1 Å². The van der Waals surface area contributed by atoms with Crippen molar-refractivity contribution in [1.82, 2.24) is 9.29 Å². The number of pyridine rings is 1. The fourth-order valence-corrected chi connectivity index (χ4v) is 5.04. The van der Waals surface area contributed by atoms with Gasteiger partial charge in [-0.05, 0) is 44.0 Å². The number of hydrogen-bond donors (Lipinski definition) is 1. The van der Waals surface area contributed by atoms with Crippen molar-refractivity contribution in [2.24, 2.45) is 0 Å². The minimum atomic E-state index is -3.70. The lowest BCUT2D eigenvalue weighted by molar-refractivity contribution is -0.123. The monoisotopic (exact) mass is 485 g/mol. The molecule has 2 aromatic rings. The van der Waals surface area contributed by atoms with Gasteiger partial charge in [-0.15, -0.1) is 0 Å². The van der Waals surface area contributed by atoms with Gasteiger partial charge >= 0.3 is 5.97 Å². The second kappa shape index (κ2) is 9.95. The summed E-state index contributed by atoms with van der Waals surface area (Å²) in [6, 6.07) is 7.01. The van der Waals surface area contributed by atoms with Crippen LogP contribution in [0.2, 0.25) is 10.0 Å². The number of esters is 1. The molecular weight excluding hydrogens is 465 g/mol. The molecule has 1 saturated heterocycles. The van der Waals surface area contributed by atoms with Gasteiger partial charge in [-0.2, -0.15) is 4.31 Å². The second-order valence-electron chi connectivity index (χ2n) is 7.01. The fourth-order valence-electron chi connectivity index (χ4n) is 3.04. The summed E-state index contributed by atoms with van der Waals surface area (Å²) in [6.45, 7) is 2.29. The molecule has 0 radical (unpaired) electrons. The van der Waals surface area contributed by atoms with E-state index < -0.39 is 28.0 Å². The molecule has 0 aliphatic carbocycles. The first-order valence-electron chi connectivity index (χ1n) is 9.61. The van der Waals surface area contributed by atoms with E-state index in [9.17, 15) is 18.0 Å². The zero-order chi connectivity index (χ0) is 22.6. The number of ether oxygens (including phenoxy) is 1. The Labute approximate surface area is 190 Å². The van der Waals surface area contributed by atoms with E-state index in [1.54, 1.807) is 0 Å². The van der Waals surface area contributed by atoms with Crippen LogP contribution in [0, 0.1) is 0 Å². The van der Waals surface area contributed by atoms with Gasteiger partial charge in [0, 0.05) is 19.3 Å². The van der Waals surface area contributed by atoms with Crippen molar-refractivity contribution in [3.8, 4) is 0 Å². The fraction of sp³-hybridized carbons (Fsp3) is 0.350. The Kier molecular flexibility index (Phi) is 7.53. The average molecular weight is 486 g/mol. The number of sulfonamides is 1. The Morgan fingerprint density at radius 3 is 2.55 bits per heavy atom. The summed E-state index contributed by atoms with van der Waals surface area (Å²) in [5, 5.41) is 2.89. The summed E-state index contributed by atoms with van der Waals surface area (Å²) in [7, 11) is -3.70. The molecule has 1 atom stereocenters. The highest BCUT2D eigenvalue weighted by Crippen LogP contribution is 2.24. The molecule has 0 bridgehead atoms. The lowest BCUT2D eigenvalue weighted by Gasteiger charge is -2.26. The second-order valence-corrected chi connectivity index (χ2v) is 9.79. The summed E-state index contributed by atoms with van der Waals surface area (Å²) in [4.78, 5) is 28.8. The van der Waals surface area contributed by atoms with Crippen LogP contribution in [0.1, 0.15) is 36.5 Å². The van der Waals surface area contributed by atoms with Gasteiger partial charge in [-0.1, -0.05) is 35.7 Å². The standard InChI is InChI=1S/C20H21Cl2N3O5S/c1-13(19(26)24-18-17(22)11-15(21)12-23-18)30-20(27)14-6-5-7-16(10-14)31(28,29)25-8-3-2-4-9-25/h5-7,10-13H,2-4,8-9H2,1H3,(H,23,24,26). The van der Waals surface area contributed by atoms with E-state index in [1.165, 1.54) is 47.8 Å². The molecule has 166 valence electrons. The maximum Gasteiger partial charge on any atom is 0.338 e. The van der Waals surface area contributed by atoms with Gasteiger partial charge in [-0.25, -0.2) is 18.2 Å². The van der Waals surface area contributed by atoms with Crippen molar-refractivity contribution in [3.63, 3.8) is 0 Å². The summed E-state index contributed by atoms with van der Waals surface area (Å²) >= 11 is 11.7. The Bertz CT molecular complexity index is 1090. The average Bonchev–Trinajstić information content (AvgIpc) is 2.76. The van der Waals surface area contributed by atoms with E-state index >= 15 is 0 Å². The minimum absolute atomic E-state index is 0.0121. The van der Waals surface area contributed by atoms with Crippen molar-refractivity contribution < 1.29 is 22.7 Å². The number of amides is 1. The Morgan fingerprint density at radius 2 is 1.87 bits per heavy atom. The van der Waals surface area contributed by atoms with Crippen molar-refractivity contribution in [2.75, 3.05) is 18.4 Å². The van der Waals surface area contributed by atoms with Gasteiger partial charge in [-0.3, -0.25) is 4.79 Å². The van der Waals surface area contributed by atoms with Crippen LogP contribution in [0.5, 0.6) is 0 Å². The van der Waals surface area contributed by atoms with E-state index in [2.05, 4.69) is 10.3 Å². The van der Waals surface area contributed by atoms with Gasteiger partial charge in [0.15, 0.2) is 11.9 Å². The first-order chi connectivity index (χ1) is 14.7. The minimum Gasteiger partial charge on any atom is -0.449 e. The molecule has 31 heavy (non-hydrogen) atoms. The summed E-state index contributed by atoms with van der Waals surface area (Å²) in [6.07, 6.45) is 2.74. The third-order valence-corrected chi connectivity index (χ3v) is 7.11. The zero-order valence-electron chi connectivity index (χ0n) is 16.7. The van der Waals surface area contributed by atoms with Crippen molar-refractivity contribution in [2.45, 2.75) is 37.2 Å². The Morgan fingerprint density at radius 1 is 1.16 bits per heavy atom. The predicted octanol–water partition coefficient (Wildman–Crippen LogP) is 3.75. The number of nitrogens with one attached hydrogen (secondary N) is 1. The molecule has 1 unspecified atom stereocenters. The number of aromatic nitrogens is 1. The normalized spacial score (nSPS) is 15.8. The highest BCUT2D eigenvalue weighted by Gasteiger charge is 2.27. The summed E-state index contributed by atoms with van der Waals surface area (Å²) in [5.74, 6) is -1.40. The molecule has 1 aliphatic rings. The van der Waals surface area contributed by atoms with Gasteiger partial charge < -0.3 is 10.1 Å². The third kappa shape index (κ3) is 5.74. The molecule has 0 saturated carbocycles. The lowest BCUT2D eigenvalue weighted by atomic mass is 10.2. The first-order valence-corrected chi connectivity index (χ1v) is 11.8. The third-order valence-electron chi connectivity index (χ3n) is 4.73.